The Morgan fingerprint density at radius 2 is 2.17 bits per heavy atom. The van der Waals surface area contributed by atoms with Crippen molar-refractivity contribution < 1.29 is 9.90 Å². The van der Waals surface area contributed by atoms with Crippen LogP contribution in [0.3, 0.4) is 0 Å². The molecule has 1 aromatic rings. The summed E-state index contributed by atoms with van der Waals surface area (Å²) < 4.78 is 0. The van der Waals surface area contributed by atoms with Crippen LogP contribution >= 0.6 is 0 Å². The number of aromatic carboxylic acids is 1. The molecule has 0 aliphatic carbocycles. The second-order valence-electron chi connectivity index (χ2n) is 5.34. The van der Waals surface area contributed by atoms with E-state index < -0.39 is 5.97 Å². The van der Waals surface area contributed by atoms with Gasteiger partial charge in [-0.05, 0) is 31.2 Å². The molecule has 2 rings (SSSR count). The lowest BCUT2D eigenvalue weighted by Gasteiger charge is -2.37. The van der Waals surface area contributed by atoms with Gasteiger partial charge in [-0.15, -0.1) is 0 Å². The zero-order valence-corrected chi connectivity index (χ0v) is 11.2. The number of anilines is 1. The molecular formula is C14H20N2O2. The van der Waals surface area contributed by atoms with Gasteiger partial charge in [0.15, 0.2) is 0 Å². The van der Waals surface area contributed by atoms with Gasteiger partial charge in [0.25, 0.3) is 0 Å². The number of hydrogen-bond acceptors (Lipinski definition) is 3. The number of carboxylic acids is 1. The first-order valence-electron chi connectivity index (χ1n) is 6.44. The van der Waals surface area contributed by atoms with E-state index in [0.29, 0.717) is 17.4 Å². The van der Waals surface area contributed by atoms with Crippen LogP contribution in [0.15, 0.2) is 12.3 Å². The van der Waals surface area contributed by atoms with Gasteiger partial charge in [0.2, 0.25) is 0 Å². The molecule has 1 aliphatic rings. The van der Waals surface area contributed by atoms with Gasteiger partial charge < -0.3 is 10.0 Å². The van der Waals surface area contributed by atoms with E-state index in [1.54, 1.807) is 0 Å². The van der Waals surface area contributed by atoms with Crippen molar-refractivity contribution in [2.24, 2.45) is 11.8 Å². The molecule has 1 N–H and O–H groups in total. The van der Waals surface area contributed by atoms with E-state index in [4.69, 9.17) is 0 Å². The van der Waals surface area contributed by atoms with Gasteiger partial charge in [0.05, 0.1) is 5.69 Å². The third-order valence-electron chi connectivity index (χ3n) is 3.92. The molecular weight excluding hydrogens is 228 g/mol. The number of hydrogen-bond donors (Lipinski definition) is 1. The van der Waals surface area contributed by atoms with Crippen LogP contribution < -0.4 is 4.90 Å². The molecule has 0 radical (unpaired) electrons. The van der Waals surface area contributed by atoms with Gasteiger partial charge in [-0.2, -0.15) is 0 Å². The van der Waals surface area contributed by atoms with E-state index in [1.807, 2.05) is 13.0 Å². The monoisotopic (exact) mass is 248 g/mol. The summed E-state index contributed by atoms with van der Waals surface area (Å²) in [5.74, 6) is 0.398. The predicted molar refractivity (Wildman–Crippen MR) is 71.1 cm³/mol. The standard InChI is InChI=1S/C14H20N2O2/c1-9-4-5-16(8-10(9)2)13-6-11(3)15-7-12(13)14(17)18/h6-7,9-10H,4-5,8H2,1-3H3,(H,17,18). The third-order valence-corrected chi connectivity index (χ3v) is 3.92. The van der Waals surface area contributed by atoms with Crippen molar-refractivity contribution in [3.63, 3.8) is 0 Å². The minimum atomic E-state index is -0.899. The molecule has 4 nitrogen and oxygen atoms in total. The second-order valence-corrected chi connectivity index (χ2v) is 5.34. The maximum atomic E-state index is 11.3. The van der Waals surface area contributed by atoms with Crippen molar-refractivity contribution in [3.8, 4) is 0 Å². The number of carboxylic acid groups (broad SMARTS) is 1. The molecule has 0 amide bonds. The molecule has 18 heavy (non-hydrogen) atoms. The largest absolute Gasteiger partial charge is 0.478 e. The van der Waals surface area contributed by atoms with Crippen molar-refractivity contribution in [1.29, 1.82) is 0 Å². The average molecular weight is 248 g/mol. The number of rotatable bonds is 2. The van der Waals surface area contributed by atoms with Crippen LogP contribution in [0, 0.1) is 18.8 Å². The highest BCUT2D eigenvalue weighted by Crippen LogP contribution is 2.29. The quantitative estimate of drug-likeness (QED) is 0.874. The fourth-order valence-corrected chi connectivity index (χ4v) is 2.45. The van der Waals surface area contributed by atoms with Gasteiger partial charge in [-0.1, -0.05) is 13.8 Å². The summed E-state index contributed by atoms with van der Waals surface area (Å²) in [5.41, 5.74) is 1.98. The lowest BCUT2D eigenvalue weighted by atomic mass is 9.88. The molecule has 0 spiro atoms. The molecule has 1 saturated heterocycles. The molecule has 0 bridgehead atoms. The molecule has 1 aliphatic heterocycles. The number of aromatic nitrogens is 1. The smallest absolute Gasteiger partial charge is 0.339 e. The van der Waals surface area contributed by atoms with Crippen molar-refractivity contribution in [2.45, 2.75) is 27.2 Å². The van der Waals surface area contributed by atoms with Crippen LogP contribution in [0.25, 0.3) is 0 Å². The second kappa shape index (κ2) is 4.96. The Hall–Kier alpha value is -1.58. The van der Waals surface area contributed by atoms with E-state index in [2.05, 4.69) is 23.7 Å². The van der Waals surface area contributed by atoms with Gasteiger partial charge in [0, 0.05) is 25.0 Å². The SMILES string of the molecule is Cc1cc(N2CCC(C)C(C)C2)c(C(=O)O)cn1. The molecule has 98 valence electrons. The van der Waals surface area contributed by atoms with E-state index in [-0.39, 0.29) is 0 Å². The molecule has 2 atom stereocenters. The normalized spacial score (nSPS) is 24.1. The maximum Gasteiger partial charge on any atom is 0.339 e. The summed E-state index contributed by atoms with van der Waals surface area (Å²) in [7, 11) is 0. The van der Waals surface area contributed by atoms with Crippen molar-refractivity contribution >= 4 is 11.7 Å². The molecule has 4 heteroatoms. The summed E-state index contributed by atoms with van der Waals surface area (Å²) in [6.45, 7) is 8.23. The highest BCUT2D eigenvalue weighted by atomic mass is 16.4. The van der Waals surface area contributed by atoms with Crippen LogP contribution in [0.4, 0.5) is 5.69 Å². The summed E-state index contributed by atoms with van der Waals surface area (Å²) in [6.07, 6.45) is 2.58. The molecule has 0 aromatic carbocycles. The van der Waals surface area contributed by atoms with Crippen LogP contribution in [-0.2, 0) is 0 Å². The Kier molecular flexibility index (Phi) is 3.55. The minimum Gasteiger partial charge on any atom is -0.478 e. The number of pyridine rings is 1. The Balaban J connectivity index is 2.32. The van der Waals surface area contributed by atoms with E-state index in [9.17, 15) is 9.90 Å². The Bertz CT molecular complexity index is 459. The molecule has 2 heterocycles. The maximum absolute atomic E-state index is 11.3. The van der Waals surface area contributed by atoms with Gasteiger partial charge in [0.1, 0.15) is 5.56 Å². The zero-order valence-electron chi connectivity index (χ0n) is 11.2. The Morgan fingerprint density at radius 1 is 1.44 bits per heavy atom. The Labute approximate surface area is 108 Å². The number of piperidine rings is 1. The van der Waals surface area contributed by atoms with Crippen molar-refractivity contribution in [2.75, 3.05) is 18.0 Å². The van der Waals surface area contributed by atoms with E-state index in [0.717, 1.165) is 30.9 Å². The third kappa shape index (κ3) is 2.47. The Morgan fingerprint density at radius 3 is 2.78 bits per heavy atom. The first kappa shape index (κ1) is 12.9. The summed E-state index contributed by atoms with van der Waals surface area (Å²) in [6, 6.07) is 1.88. The molecule has 1 aromatic heterocycles. The highest BCUT2D eigenvalue weighted by molar-refractivity contribution is 5.94. The van der Waals surface area contributed by atoms with Crippen molar-refractivity contribution in [1.82, 2.24) is 4.98 Å². The lowest BCUT2D eigenvalue weighted by Crippen LogP contribution is -2.39. The van der Waals surface area contributed by atoms with Gasteiger partial charge >= 0.3 is 5.97 Å². The van der Waals surface area contributed by atoms with Gasteiger partial charge in [-0.25, -0.2) is 4.79 Å². The first-order chi connectivity index (χ1) is 8.49. The average Bonchev–Trinajstić information content (AvgIpc) is 2.32. The molecule has 2 unspecified atom stereocenters. The van der Waals surface area contributed by atoms with Crippen LogP contribution in [-0.4, -0.2) is 29.1 Å². The highest BCUT2D eigenvalue weighted by Gasteiger charge is 2.25. The van der Waals surface area contributed by atoms with Crippen molar-refractivity contribution in [3.05, 3.63) is 23.5 Å². The summed E-state index contributed by atoms with van der Waals surface area (Å²) in [4.78, 5) is 17.5. The topological polar surface area (TPSA) is 53.4 Å². The number of carbonyl (C=O) groups is 1. The zero-order chi connectivity index (χ0) is 13.3. The van der Waals surface area contributed by atoms with Crippen LogP contribution in [0.5, 0.6) is 0 Å². The van der Waals surface area contributed by atoms with Crippen LogP contribution in [0.1, 0.15) is 36.3 Å². The lowest BCUT2D eigenvalue weighted by molar-refractivity contribution is 0.0697. The molecule has 1 fully saturated rings. The van der Waals surface area contributed by atoms with Gasteiger partial charge in [-0.3, -0.25) is 4.98 Å². The van der Waals surface area contributed by atoms with E-state index >= 15 is 0 Å². The summed E-state index contributed by atoms with van der Waals surface area (Å²) >= 11 is 0. The fourth-order valence-electron chi connectivity index (χ4n) is 2.45. The minimum absolute atomic E-state index is 0.308. The number of nitrogens with zero attached hydrogens (tertiary/aromatic N) is 2. The first-order valence-corrected chi connectivity index (χ1v) is 6.44. The van der Waals surface area contributed by atoms with E-state index in [1.165, 1.54) is 6.20 Å². The molecule has 0 saturated carbocycles. The predicted octanol–water partition coefficient (Wildman–Crippen LogP) is 2.57. The fraction of sp³-hybridized carbons (Fsp3) is 0.571. The van der Waals surface area contributed by atoms with Crippen LogP contribution in [0.2, 0.25) is 0 Å². The number of aryl methyl sites for hydroxylation is 1. The summed E-state index contributed by atoms with van der Waals surface area (Å²) in [5, 5.41) is 9.24.